The lowest BCUT2D eigenvalue weighted by Gasteiger charge is -2.32. The lowest BCUT2D eigenvalue weighted by Crippen LogP contribution is -2.46. The van der Waals surface area contributed by atoms with E-state index in [0.717, 1.165) is 18.5 Å². The van der Waals surface area contributed by atoms with Gasteiger partial charge in [0.05, 0.1) is 11.6 Å². The average Bonchev–Trinajstić information content (AvgIpc) is 3.30. The van der Waals surface area contributed by atoms with E-state index in [9.17, 15) is 14.4 Å². The van der Waals surface area contributed by atoms with Crippen LogP contribution in [0.3, 0.4) is 0 Å². The molecule has 2 heterocycles. The second-order valence-electron chi connectivity index (χ2n) is 8.81. The summed E-state index contributed by atoms with van der Waals surface area (Å²) in [6, 6.07) is 9.11. The number of hydrogen-bond donors (Lipinski definition) is 2. The third-order valence-electron chi connectivity index (χ3n) is 5.06. The topological polar surface area (TPSA) is 106 Å². The Morgan fingerprint density at radius 3 is 2.50 bits per heavy atom. The second kappa shape index (κ2) is 10.3. The number of nitrogens with zero attached hydrogens (tertiary/aromatic N) is 3. The number of benzene rings is 1. The van der Waals surface area contributed by atoms with Gasteiger partial charge in [0.2, 0.25) is 5.91 Å². The summed E-state index contributed by atoms with van der Waals surface area (Å²) in [6.07, 6.45) is 4.53. The Morgan fingerprint density at radius 2 is 1.84 bits per heavy atom. The molecular formula is C23H31N5O4. The SMILES string of the molecule is CC(C)(C)OC(=O)NCCNC(=O)C1CCCN(C(=O)c2ccc(-n3cccn3)cc2)C1. The van der Waals surface area contributed by atoms with Crippen LogP contribution in [0.2, 0.25) is 0 Å². The summed E-state index contributed by atoms with van der Waals surface area (Å²) in [7, 11) is 0. The summed E-state index contributed by atoms with van der Waals surface area (Å²) in [5.74, 6) is -0.457. The molecule has 172 valence electrons. The molecule has 1 aromatic carbocycles. The maximum Gasteiger partial charge on any atom is 0.407 e. The Hall–Kier alpha value is -3.36. The largest absolute Gasteiger partial charge is 0.444 e. The number of carbonyl (C=O) groups excluding carboxylic acids is 3. The Kier molecular flexibility index (Phi) is 7.50. The predicted octanol–water partition coefficient (Wildman–Crippen LogP) is 2.37. The van der Waals surface area contributed by atoms with E-state index >= 15 is 0 Å². The molecule has 1 saturated heterocycles. The van der Waals surface area contributed by atoms with Crippen molar-refractivity contribution in [3.8, 4) is 5.69 Å². The normalized spacial score (nSPS) is 16.3. The van der Waals surface area contributed by atoms with E-state index in [1.807, 2.05) is 24.4 Å². The Balaban J connectivity index is 1.46. The number of ether oxygens (including phenoxy) is 1. The standard InChI is InChI=1S/C23H31N5O4/c1-23(2,3)32-22(31)25-13-12-24-20(29)18-6-4-14-27(16-18)21(30)17-7-9-19(10-8-17)28-15-5-11-26-28/h5,7-11,15,18H,4,6,12-14,16H2,1-3H3,(H,24,29)(H,25,31). The van der Waals surface area contributed by atoms with Gasteiger partial charge in [-0.25, -0.2) is 9.48 Å². The number of carbonyl (C=O) groups is 3. The highest BCUT2D eigenvalue weighted by Gasteiger charge is 2.28. The number of nitrogens with one attached hydrogen (secondary N) is 2. The van der Waals surface area contributed by atoms with Crippen molar-refractivity contribution in [1.29, 1.82) is 0 Å². The van der Waals surface area contributed by atoms with E-state index in [-0.39, 0.29) is 24.3 Å². The number of hydrogen-bond acceptors (Lipinski definition) is 5. The van der Waals surface area contributed by atoms with Crippen LogP contribution in [-0.2, 0) is 9.53 Å². The van der Waals surface area contributed by atoms with Gasteiger partial charge in [0.25, 0.3) is 5.91 Å². The van der Waals surface area contributed by atoms with Crippen LogP contribution < -0.4 is 10.6 Å². The molecule has 2 N–H and O–H groups in total. The monoisotopic (exact) mass is 441 g/mol. The molecule has 3 rings (SSSR count). The number of piperidine rings is 1. The van der Waals surface area contributed by atoms with E-state index in [1.54, 1.807) is 48.7 Å². The van der Waals surface area contributed by atoms with Gasteiger partial charge in [0.15, 0.2) is 0 Å². The van der Waals surface area contributed by atoms with Gasteiger partial charge < -0.3 is 20.3 Å². The van der Waals surface area contributed by atoms with E-state index in [1.165, 1.54) is 0 Å². The molecular weight excluding hydrogens is 410 g/mol. The van der Waals surface area contributed by atoms with Crippen molar-refractivity contribution >= 4 is 17.9 Å². The maximum absolute atomic E-state index is 12.9. The van der Waals surface area contributed by atoms with Gasteiger partial charge in [-0.3, -0.25) is 9.59 Å². The molecule has 1 aromatic heterocycles. The minimum Gasteiger partial charge on any atom is -0.444 e. The number of likely N-dealkylation sites (tertiary alicyclic amines) is 1. The highest BCUT2D eigenvalue weighted by molar-refractivity contribution is 5.95. The molecule has 1 fully saturated rings. The van der Waals surface area contributed by atoms with E-state index < -0.39 is 11.7 Å². The maximum atomic E-state index is 12.9. The zero-order chi connectivity index (χ0) is 23.1. The van der Waals surface area contributed by atoms with Crippen LogP contribution in [0.1, 0.15) is 44.0 Å². The summed E-state index contributed by atoms with van der Waals surface area (Å²) in [6.45, 7) is 6.96. The molecule has 32 heavy (non-hydrogen) atoms. The van der Waals surface area contributed by atoms with E-state index in [0.29, 0.717) is 25.2 Å². The van der Waals surface area contributed by atoms with Gasteiger partial charge in [-0.15, -0.1) is 0 Å². The van der Waals surface area contributed by atoms with Crippen LogP contribution in [0.25, 0.3) is 5.69 Å². The van der Waals surface area contributed by atoms with Gasteiger partial charge in [0, 0.05) is 44.1 Å². The minimum absolute atomic E-state index is 0.0823. The first-order chi connectivity index (χ1) is 15.2. The number of alkyl carbamates (subject to hydrolysis) is 1. The molecule has 0 radical (unpaired) electrons. The lowest BCUT2D eigenvalue weighted by molar-refractivity contribution is -0.126. The van der Waals surface area contributed by atoms with Crippen LogP contribution >= 0.6 is 0 Å². The van der Waals surface area contributed by atoms with Gasteiger partial charge in [-0.2, -0.15) is 5.10 Å². The van der Waals surface area contributed by atoms with Gasteiger partial charge in [-0.05, 0) is 63.9 Å². The molecule has 1 aliphatic heterocycles. The molecule has 9 heteroatoms. The first-order valence-electron chi connectivity index (χ1n) is 10.9. The molecule has 1 atom stereocenters. The van der Waals surface area contributed by atoms with Crippen LogP contribution in [0, 0.1) is 5.92 Å². The second-order valence-corrected chi connectivity index (χ2v) is 8.81. The molecule has 0 bridgehead atoms. The fourth-order valence-electron chi connectivity index (χ4n) is 3.55. The third-order valence-corrected chi connectivity index (χ3v) is 5.06. The summed E-state index contributed by atoms with van der Waals surface area (Å²) >= 11 is 0. The Bertz CT molecular complexity index is 919. The molecule has 0 saturated carbocycles. The van der Waals surface area contributed by atoms with Crippen molar-refractivity contribution in [1.82, 2.24) is 25.3 Å². The van der Waals surface area contributed by atoms with Crippen molar-refractivity contribution < 1.29 is 19.1 Å². The first kappa shape index (κ1) is 23.3. The number of rotatable bonds is 6. The summed E-state index contributed by atoms with van der Waals surface area (Å²) in [5.41, 5.74) is 0.899. The van der Waals surface area contributed by atoms with Crippen molar-refractivity contribution in [2.75, 3.05) is 26.2 Å². The van der Waals surface area contributed by atoms with Crippen LogP contribution in [0.15, 0.2) is 42.7 Å². The van der Waals surface area contributed by atoms with Crippen molar-refractivity contribution in [2.45, 2.75) is 39.2 Å². The van der Waals surface area contributed by atoms with Crippen LogP contribution in [0.5, 0.6) is 0 Å². The smallest absolute Gasteiger partial charge is 0.407 e. The molecule has 0 spiro atoms. The van der Waals surface area contributed by atoms with Crippen molar-refractivity contribution in [3.63, 3.8) is 0 Å². The van der Waals surface area contributed by atoms with Crippen molar-refractivity contribution in [2.24, 2.45) is 5.92 Å². The molecule has 3 amide bonds. The van der Waals surface area contributed by atoms with Crippen LogP contribution in [0.4, 0.5) is 4.79 Å². The molecule has 2 aromatic rings. The van der Waals surface area contributed by atoms with E-state index in [2.05, 4.69) is 15.7 Å². The lowest BCUT2D eigenvalue weighted by atomic mass is 9.96. The van der Waals surface area contributed by atoms with Gasteiger partial charge in [0.1, 0.15) is 5.60 Å². The minimum atomic E-state index is -0.565. The summed E-state index contributed by atoms with van der Waals surface area (Å²) < 4.78 is 6.89. The Labute approximate surface area is 188 Å². The molecule has 9 nitrogen and oxygen atoms in total. The molecule has 1 aliphatic rings. The van der Waals surface area contributed by atoms with E-state index in [4.69, 9.17) is 4.74 Å². The molecule has 1 unspecified atom stereocenters. The number of aromatic nitrogens is 2. The Morgan fingerprint density at radius 1 is 1.12 bits per heavy atom. The third kappa shape index (κ3) is 6.57. The first-order valence-corrected chi connectivity index (χ1v) is 10.9. The molecule has 0 aliphatic carbocycles. The quantitative estimate of drug-likeness (QED) is 0.670. The summed E-state index contributed by atoms with van der Waals surface area (Å²) in [4.78, 5) is 38.9. The zero-order valence-electron chi connectivity index (χ0n) is 18.8. The highest BCUT2D eigenvalue weighted by Crippen LogP contribution is 2.19. The van der Waals surface area contributed by atoms with Gasteiger partial charge >= 0.3 is 6.09 Å². The number of amides is 3. The average molecular weight is 442 g/mol. The summed E-state index contributed by atoms with van der Waals surface area (Å²) in [5, 5.41) is 9.63. The van der Waals surface area contributed by atoms with Gasteiger partial charge in [-0.1, -0.05) is 0 Å². The van der Waals surface area contributed by atoms with Crippen LogP contribution in [-0.4, -0.2) is 64.4 Å². The fraction of sp³-hybridized carbons (Fsp3) is 0.478. The highest BCUT2D eigenvalue weighted by atomic mass is 16.6. The fourth-order valence-corrected chi connectivity index (χ4v) is 3.55. The zero-order valence-corrected chi connectivity index (χ0v) is 18.8. The predicted molar refractivity (Wildman–Crippen MR) is 119 cm³/mol. The van der Waals surface area contributed by atoms with Crippen molar-refractivity contribution in [3.05, 3.63) is 48.3 Å².